The minimum Gasteiger partial charge on any atom is -0.328 e. The predicted octanol–water partition coefficient (Wildman–Crippen LogP) is 0.679. The zero-order valence-electron chi connectivity index (χ0n) is 11.0. The fourth-order valence-electron chi connectivity index (χ4n) is 2.30. The Kier molecular flexibility index (Phi) is 5.37. The van der Waals surface area contributed by atoms with Gasteiger partial charge in [-0.25, -0.2) is 0 Å². The van der Waals surface area contributed by atoms with Gasteiger partial charge in [0.15, 0.2) is 0 Å². The average Bonchev–Trinajstić information content (AvgIpc) is 2.15. The van der Waals surface area contributed by atoms with Crippen LogP contribution in [-0.4, -0.2) is 37.9 Å². The van der Waals surface area contributed by atoms with Gasteiger partial charge in [0, 0.05) is 25.2 Å². The third kappa shape index (κ3) is 4.91. The molecule has 3 atom stereocenters. The molecule has 0 aliphatic carbocycles. The van der Waals surface area contributed by atoms with Gasteiger partial charge in [0.25, 0.3) is 10.2 Å². The Balaban J connectivity index is 2.55. The first-order chi connectivity index (χ1) is 7.81. The number of nitrogens with two attached hydrogens (primary N) is 1. The van der Waals surface area contributed by atoms with Gasteiger partial charge < -0.3 is 5.73 Å². The number of nitrogens with one attached hydrogen (secondary N) is 1. The molecule has 0 saturated carbocycles. The molecule has 0 aromatic carbocycles. The van der Waals surface area contributed by atoms with Crippen molar-refractivity contribution in [1.82, 2.24) is 9.03 Å². The highest BCUT2D eigenvalue weighted by atomic mass is 32.2. The third-order valence-electron chi connectivity index (χ3n) is 3.04. The normalized spacial score (nSPS) is 26.7. The number of piperidine rings is 1. The van der Waals surface area contributed by atoms with Crippen LogP contribution in [0.25, 0.3) is 0 Å². The van der Waals surface area contributed by atoms with E-state index in [0.717, 1.165) is 12.8 Å². The molecule has 0 aromatic heterocycles. The van der Waals surface area contributed by atoms with E-state index in [1.165, 1.54) is 0 Å². The summed E-state index contributed by atoms with van der Waals surface area (Å²) in [6.45, 7) is 7.08. The Hall–Kier alpha value is -0.170. The fraction of sp³-hybridized carbons (Fsp3) is 1.00. The lowest BCUT2D eigenvalue weighted by molar-refractivity contribution is 0.276. The minimum absolute atomic E-state index is 0.00739. The highest BCUT2D eigenvalue weighted by Crippen LogP contribution is 2.18. The minimum atomic E-state index is -3.33. The summed E-state index contributed by atoms with van der Waals surface area (Å²) in [6, 6.07) is -0.106. The van der Waals surface area contributed by atoms with E-state index < -0.39 is 10.2 Å². The van der Waals surface area contributed by atoms with Crippen molar-refractivity contribution in [3.8, 4) is 0 Å². The summed E-state index contributed by atoms with van der Waals surface area (Å²) in [7, 11) is -3.33. The Morgan fingerprint density at radius 1 is 1.47 bits per heavy atom. The molecule has 0 spiro atoms. The molecule has 3 N–H and O–H groups in total. The topological polar surface area (TPSA) is 75.4 Å². The Bertz CT molecular complexity index is 330. The van der Waals surface area contributed by atoms with Gasteiger partial charge in [0.2, 0.25) is 0 Å². The second kappa shape index (κ2) is 6.13. The van der Waals surface area contributed by atoms with Crippen molar-refractivity contribution in [1.29, 1.82) is 0 Å². The maximum atomic E-state index is 12.1. The van der Waals surface area contributed by atoms with Gasteiger partial charge in [-0.15, -0.1) is 0 Å². The summed E-state index contributed by atoms with van der Waals surface area (Å²) in [6.07, 6.45) is 2.72. The van der Waals surface area contributed by atoms with Gasteiger partial charge in [-0.3, -0.25) is 0 Å². The number of nitrogens with zero attached hydrogens (tertiary/aromatic N) is 1. The van der Waals surface area contributed by atoms with Crippen molar-refractivity contribution in [3.05, 3.63) is 0 Å². The molecule has 6 heteroatoms. The SMILES string of the molecule is CC(N)CC(C)NS(=O)(=O)N1CCCC(C)C1. The molecule has 1 saturated heterocycles. The van der Waals surface area contributed by atoms with Crippen LogP contribution in [0.5, 0.6) is 0 Å². The lowest BCUT2D eigenvalue weighted by Crippen LogP contribution is -2.48. The maximum absolute atomic E-state index is 12.1. The first-order valence-electron chi connectivity index (χ1n) is 6.34. The summed E-state index contributed by atoms with van der Waals surface area (Å²) in [4.78, 5) is 0. The van der Waals surface area contributed by atoms with Crippen molar-refractivity contribution < 1.29 is 8.42 Å². The van der Waals surface area contributed by atoms with Crippen LogP contribution in [0.1, 0.15) is 40.0 Å². The van der Waals surface area contributed by atoms with Crippen LogP contribution in [0.15, 0.2) is 0 Å². The highest BCUT2D eigenvalue weighted by Gasteiger charge is 2.28. The first-order valence-corrected chi connectivity index (χ1v) is 7.78. The van der Waals surface area contributed by atoms with Crippen molar-refractivity contribution >= 4 is 10.2 Å². The van der Waals surface area contributed by atoms with Gasteiger partial charge in [-0.2, -0.15) is 17.4 Å². The van der Waals surface area contributed by atoms with E-state index in [-0.39, 0.29) is 12.1 Å². The molecular formula is C11H25N3O2S. The van der Waals surface area contributed by atoms with Crippen molar-refractivity contribution in [2.45, 2.75) is 52.1 Å². The summed E-state index contributed by atoms with van der Waals surface area (Å²) in [5.41, 5.74) is 5.66. The maximum Gasteiger partial charge on any atom is 0.279 e. The lowest BCUT2D eigenvalue weighted by Gasteiger charge is -2.31. The zero-order valence-corrected chi connectivity index (χ0v) is 11.8. The Morgan fingerprint density at radius 3 is 2.65 bits per heavy atom. The molecule has 1 fully saturated rings. The molecule has 3 unspecified atom stereocenters. The molecule has 1 heterocycles. The molecule has 0 bridgehead atoms. The summed E-state index contributed by atoms with van der Waals surface area (Å²) in [5, 5.41) is 0. The summed E-state index contributed by atoms with van der Waals surface area (Å²) >= 11 is 0. The molecular weight excluding hydrogens is 238 g/mol. The number of rotatable bonds is 5. The largest absolute Gasteiger partial charge is 0.328 e. The third-order valence-corrected chi connectivity index (χ3v) is 4.75. The Morgan fingerprint density at radius 2 is 2.12 bits per heavy atom. The van der Waals surface area contributed by atoms with Gasteiger partial charge in [0.1, 0.15) is 0 Å². The second-order valence-electron chi connectivity index (χ2n) is 5.34. The van der Waals surface area contributed by atoms with Crippen molar-refractivity contribution in [2.24, 2.45) is 11.7 Å². The van der Waals surface area contributed by atoms with Crippen molar-refractivity contribution in [2.75, 3.05) is 13.1 Å². The zero-order chi connectivity index (χ0) is 13.1. The van der Waals surface area contributed by atoms with Crippen LogP contribution >= 0.6 is 0 Å². The van der Waals surface area contributed by atoms with E-state index in [4.69, 9.17) is 5.73 Å². The van der Waals surface area contributed by atoms with Crippen LogP contribution in [0.4, 0.5) is 0 Å². The lowest BCUT2D eigenvalue weighted by atomic mass is 10.0. The van der Waals surface area contributed by atoms with E-state index in [1.807, 2.05) is 13.8 Å². The molecule has 1 aliphatic heterocycles. The van der Waals surface area contributed by atoms with Crippen LogP contribution in [0.3, 0.4) is 0 Å². The standard InChI is InChI=1S/C11H25N3O2S/c1-9-5-4-6-14(8-9)17(15,16)13-11(3)7-10(2)12/h9-11,13H,4-8,12H2,1-3H3. The second-order valence-corrected chi connectivity index (χ2v) is 7.04. The van der Waals surface area contributed by atoms with Crippen molar-refractivity contribution in [3.63, 3.8) is 0 Å². The molecule has 0 amide bonds. The first kappa shape index (κ1) is 14.9. The molecule has 1 aliphatic rings. The van der Waals surface area contributed by atoms with Crippen LogP contribution in [-0.2, 0) is 10.2 Å². The van der Waals surface area contributed by atoms with Gasteiger partial charge in [0.05, 0.1) is 0 Å². The summed E-state index contributed by atoms with van der Waals surface area (Å²) in [5.74, 6) is 0.448. The molecule has 5 nitrogen and oxygen atoms in total. The molecule has 1 rings (SSSR count). The highest BCUT2D eigenvalue weighted by molar-refractivity contribution is 7.87. The molecule has 102 valence electrons. The molecule has 17 heavy (non-hydrogen) atoms. The quantitative estimate of drug-likeness (QED) is 0.766. The van der Waals surface area contributed by atoms with Gasteiger partial charge >= 0.3 is 0 Å². The number of hydrogen-bond donors (Lipinski definition) is 2. The fourth-order valence-corrected chi connectivity index (χ4v) is 3.87. The van der Waals surface area contributed by atoms with E-state index in [0.29, 0.717) is 25.4 Å². The molecule has 0 radical (unpaired) electrons. The van der Waals surface area contributed by atoms with Crippen LogP contribution in [0, 0.1) is 5.92 Å². The number of hydrogen-bond acceptors (Lipinski definition) is 3. The van der Waals surface area contributed by atoms with E-state index in [2.05, 4.69) is 11.6 Å². The average molecular weight is 263 g/mol. The predicted molar refractivity (Wildman–Crippen MR) is 69.8 cm³/mol. The van der Waals surface area contributed by atoms with E-state index >= 15 is 0 Å². The van der Waals surface area contributed by atoms with Crippen LogP contribution < -0.4 is 10.5 Å². The van der Waals surface area contributed by atoms with Crippen LogP contribution in [0.2, 0.25) is 0 Å². The van der Waals surface area contributed by atoms with E-state index in [9.17, 15) is 8.42 Å². The van der Waals surface area contributed by atoms with E-state index in [1.54, 1.807) is 4.31 Å². The van der Waals surface area contributed by atoms with Gasteiger partial charge in [-0.1, -0.05) is 6.92 Å². The Labute approximate surface area is 105 Å². The molecule has 0 aromatic rings. The monoisotopic (exact) mass is 263 g/mol. The van der Waals surface area contributed by atoms with Gasteiger partial charge in [-0.05, 0) is 39.0 Å². The summed E-state index contributed by atoms with van der Waals surface area (Å²) < 4.78 is 28.4. The smallest absolute Gasteiger partial charge is 0.279 e.